The number of likely N-dealkylation sites (N-methyl/N-ethyl adjacent to an activating group) is 5. The Bertz CT molecular complexity index is 4130. The van der Waals surface area contributed by atoms with Crippen LogP contribution in [0.15, 0.2) is 24.4 Å². The lowest BCUT2D eigenvalue weighted by Gasteiger charge is -2.37. The van der Waals surface area contributed by atoms with Gasteiger partial charge in [0.1, 0.15) is 34.7 Å². The number of carbonyl (C=O) groups is 12. The first kappa shape index (κ1) is 125. The van der Waals surface area contributed by atoms with E-state index in [1.54, 1.807) is 11.1 Å². The van der Waals surface area contributed by atoms with Crippen LogP contribution in [0.2, 0.25) is 0 Å². The molecule has 6 aliphatic carbocycles. The van der Waals surface area contributed by atoms with Gasteiger partial charge in [-0.2, -0.15) is 0 Å². The molecule has 144 heavy (non-hydrogen) atoms. The van der Waals surface area contributed by atoms with Crippen LogP contribution in [0.3, 0.4) is 0 Å². The molecular formula is C119H208N12O13. The van der Waals surface area contributed by atoms with E-state index in [1.807, 2.05) is 210 Å². The Morgan fingerprint density at radius 2 is 0.590 bits per heavy atom. The second kappa shape index (κ2) is 59.0. The van der Waals surface area contributed by atoms with E-state index < -0.39 is 0 Å². The largest absolute Gasteiger partial charge is 0.379 e. The van der Waals surface area contributed by atoms with Gasteiger partial charge >= 0.3 is 0 Å². The first-order valence-corrected chi connectivity index (χ1v) is 57.5. The van der Waals surface area contributed by atoms with Gasteiger partial charge in [-0.1, -0.05) is 221 Å². The number of aromatic nitrogens is 1. The molecule has 12 rings (SSSR count). The number of amides is 6. The predicted octanol–water partition coefficient (Wildman–Crippen LogP) is 19.5. The van der Waals surface area contributed by atoms with Crippen molar-refractivity contribution in [2.45, 2.75) is 388 Å². The van der Waals surface area contributed by atoms with Gasteiger partial charge in [-0.05, 0) is 213 Å². The number of Topliss-reactive ketones (excluding diaryl/α,β-unsaturated/α-hetero) is 6. The van der Waals surface area contributed by atoms with Crippen molar-refractivity contribution in [3.63, 3.8) is 0 Å². The summed E-state index contributed by atoms with van der Waals surface area (Å²) < 4.78 is 5.36. The molecule has 0 N–H and O–H groups in total. The minimum absolute atomic E-state index is 0.0780. The second-order valence-corrected chi connectivity index (χ2v) is 51.7. The van der Waals surface area contributed by atoms with Gasteiger partial charge in [-0.3, -0.25) is 77.2 Å². The van der Waals surface area contributed by atoms with Gasteiger partial charge in [-0.25, -0.2) is 0 Å². The number of morpholine rings is 1. The average molecular weight is 2020 g/mol. The SMILES string of the molecule is CC(C)N1CCC[C@H]1CN(C)C(=O)[C@H]1CCCC[C@H]1C(=O)C(C)(C)C.CCN1CCC[C@@H]1CN(C)C(=O)[C@@H]1CCCC[C@@H]1C(=O)C(C)(C)C.CN(CCCN1CCCCC1)C(=O)[C@@H]1CCCC[C@@H]1C(=O)C(C)(C)C.CN(CCN1CCCC1)C(=O)[C@@H]1CCCC[C@@H]1C(=O)C(C)(C)C.CN(CCN1CCOCC1)C(=O)[C@H]1CCCC[C@H]1C(=O)C(C)(C)C.CN(Cc1ccccn1)C(=O)[C@@H]1CCCC[C@@H]1C(=O)C(C)(C)C. The Balaban J connectivity index is 0.000000234. The Labute approximate surface area is 875 Å². The first-order valence-electron chi connectivity index (χ1n) is 57.5. The third kappa shape index (κ3) is 38.6. The zero-order chi connectivity index (χ0) is 107. The molecule has 6 amide bonds. The second-order valence-electron chi connectivity index (χ2n) is 51.7. The molecule has 6 heterocycles. The molecule has 11 aliphatic rings. The van der Waals surface area contributed by atoms with Crippen LogP contribution >= 0.6 is 0 Å². The molecule has 11 fully saturated rings. The summed E-state index contributed by atoms with van der Waals surface area (Å²) in [6.07, 6.45) is 37.3. The number of rotatable bonds is 30. The van der Waals surface area contributed by atoms with E-state index in [2.05, 4.69) is 50.3 Å². The number of likely N-dealkylation sites (tertiary alicyclic amines) is 4. The van der Waals surface area contributed by atoms with Gasteiger partial charge in [0.05, 0.1) is 25.5 Å². The van der Waals surface area contributed by atoms with Crippen LogP contribution in [0.1, 0.15) is 369 Å². The van der Waals surface area contributed by atoms with Crippen LogP contribution in [0, 0.1) is 104 Å². The molecule has 822 valence electrons. The van der Waals surface area contributed by atoms with E-state index >= 15 is 0 Å². The number of ketones is 6. The van der Waals surface area contributed by atoms with Crippen molar-refractivity contribution in [3.8, 4) is 0 Å². The van der Waals surface area contributed by atoms with Crippen LogP contribution in [-0.4, -0.2) is 314 Å². The molecule has 0 bridgehead atoms. The highest BCUT2D eigenvalue weighted by Crippen LogP contribution is 2.44. The molecule has 0 spiro atoms. The highest BCUT2D eigenvalue weighted by molar-refractivity contribution is 5.96. The Morgan fingerprint density at radius 3 is 0.903 bits per heavy atom. The van der Waals surface area contributed by atoms with Gasteiger partial charge in [0.2, 0.25) is 35.4 Å². The summed E-state index contributed by atoms with van der Waals surface area (Å²) in [7, 11) is 11.4. The molecule has 14 atom stereocenters. The van der Waals surface area contributed by atoms with Crippen molar-refractivity contribution >= 4 is 70.1 Å². The molecule has 1 aromatic rings. The number of hydrogen-bond donors (Lipinski definition) is 0. The van der Waals surface area contributed by atoms with E-state index in [4.69, 9.17) is 4.74 Å². The summed E-state index contributed by atoms with van der Waals surface area (Å²) in [5.74, 6) is 1.28. The maximum atomic E-state index is 13.2. The fraction of sp³-hybridized carbons (Fsp3) is 0.857. The van der Waals surface area contributed by atoms with Crippen molar-refractivity contribution < 1.29 is 62.3 Å². The van der Waals surface area contributed by atoms with E-state index in [9.17, 15) is 57.5 Å². The topological polar surface area (TPSA) is 263 Å². The molecule has 0 unspecified atom stereocenters. The van der Waals surface area contributed by atoms with Crippen LogP contribution < -0.4 is 0 Å². The normalized spacial score (nSPS) is 26.2. The fourth-order valence-corrected chi connectivity index (χ4v) is 24.8. The van der Waals surface area contributed by atoms with E-state index in [-0.39, 0.29) is 174 Å². The summed E-state index contributed by atoms with van der Waals surface area (Å²) in [6, 6.07) is 7.19. The quantitative estimate of drug-likeness (QED) is 0.0693. The lowest BCUT2D eigenvalue weighted by molar-refractivity contribution is -0.145. The highest BCUT2D eigenvalue weighted by atomic mass is 16.5. The van der Waals surface area contributed by atoms with E-state index in [1.165, 1.54) is 70.9 Å². The summed E-state index contributed by atoms with van der Waals surface area (Å²) >= 11 is 0. The number of hydrogen-bond acceptors (Lipinski definition) is 19. The molecule has 5 saturated heterocycles. The van der Waals surface area contributed by atoms with Crippen molar-refractivity contribution in [3.05, 3.63) is 30.1 Å². The van der Waals surface area contributed by atoms with Crippen molar-refractivity contribution in [1.82, 2.24) is 58.9 Å². The smallest absolute Gasteiger partial charge is 0.226 e. The summed E-state index contributed by atoms with van der Waals surface area (Å²) in [6.45, 7) is 61.0. The number of nitrogens with zero attached hydrogens (tertiary/aromatic N) is 12. The minimum Gasteiger partial charge on any atom is -0.379 e. The zero-order valence-electron chi connectivity index (χ0n) is 96.3. The number of ether oxygens (including phenoxy) is 1. The van der Waals surface area contributed by atoms with Gasteiger partial charge in [0.15, 0.2) is 0 Å². The molecular weight excluding hydrogens is 1810 g/mol. The van der Waals surface area contributed by atoms with Gasteiger partial charge < -0.3 is 43.9 Å². The van der Waals surface area contributed by atoms with Crippen molar-refractivity contribution in [2.24, 2.45) is 104 Å². The van der Waals surface area contributed by atoms with Gasteiger partial charge in [0, 0.05) is 229 Å². The summed E-state index contributed by atoms with van der Waals surface area (Å²) in [4.78, 5) is 182. The maximum absolute atomic E-state index is 13.2. The Hall–Kier alpha value is -6.25. The van der Waals surface area contributed by atoms with E-state index in [0.717, 1.165) is 278 Å². The van der Waals surface area contributed by atoms with E-state index in [0.29, 0.717) is 24.7 Å². The minimum atomic E-state index is -0.389. The first-order chi connectivity index (χ1) is 67.6. The zero-order valence-corrected chi connectivity index (χ0v) is 96.3. The monoisotopic (exact) mass is 2010 g/mol. The lowest BCUT2D eigenvalue weighted by Crippen LogP contribution is -2.48. The van der Waals surface area contributed by atoms with Gasteiger partial charge in [0.25, 0.3) is 0 Å². The molecule has 5 aliphatic heterocycles. The van der Waals surface area contributed by atoms with Gasteiger partial charge in [-0.15, -0.1) is 0 Å². The Morgan fingerprint density at radius 1 is 0.312 bits per heavy atom. The van der Waals surface area contributed by atoms with Crippen LogP contribution in [0.4, 0.5) is 0 Å². The summed E-state index contributed by atoms with van der Waals surface area (Å²) in [5.41, 5.74) is -1.31. The maximum Gasteiger partial charge on any atom is 0.226 e. The van der Waals surface area contributed by atoms with Crippen LogP contribution in [0.5, 0.6) is 0 Å². The molecule has 25 nitrogen and oxygen atoms in total. The molecule has 0 aromatic carbocycles. The number of carbonyl (C=O) groups excluding carboxylic acids is 12. The predicted molar refractivity (Wildman–Crippen MR) is 581 cm³/mol. The standard InChI is InChI=1S/2C21H38N2O2.C20H36N2O2.C19H34N2O3.C19H28N2O2.C19H34N2O2/c1-15(2)23-13-9-10-16(23)14-22(6)20(25)18-12-8-7-11-17(18)19(24)21(3,4)5;1-21(2,3)19(24)17-11-6-7-12-18(17)20(25)22(4)13-10-16-23-14-8-5-9-15-23;1-6-22-13-9-10-15(22)14-21(5)19(24)17-12-8-7-11-16(17)18(23)20(2,3)4;1-19(2,3)17(22)15-7-5-6-8-16(15)18(23)20(4)9-10-21-11-13-24-14-12-21;1-19(2,3)17(22)15-10-5-6-11-16(15)18(23)21(4)13-14-9-7-8-12-20-14;1-19(2,3)17(22)15-9-5-6-10-16(15)18(23)20(4)13-14-21-11-7-8-12-21/h15-18H,7-14H2,1-6H3;17-18H,5-16H2,1-4H3;15-17H,6-14H2,1-5H3;15-16H,5-14H2,1-4H3;7-9,12,15-16H,5-6,10-11,13H2,1-4H3;15-16H,5-14H2,1-4H3/t16-,17+,18-;17-,18+;15-,16+,17-;3*15-,16+/m001100/s1. The van der Waals surface area contributed by atoms with Crippen molar-refractivity contribution in [1.29, 1.82) is 0 Å². The fourth-order valence-electron chi connectivity index (χ4n) is 24.8. The highest BCUT2D eigenvalue weighted by Gasteiger charge is 2.49. The third-order valence-electron chi connectivity index (χ3n) is 33.5. The molecule has 25 heteroatoms. The third-order valence-corrected chi connectivity index (χ3v) is 33.5. The van der Waals surface area contributed by atoms with Crippen LogP contribution in [-0.2, 0) is 68.8 Å². The Kier molecular flexibility index (Phi) is 51.0. The average Bonchev–Trinajstić information content (AvgIpc) is 1.30. The molecule has 6 saturated carbocycles. The van der Waals surface area contributed by atoms with Crippen LogP contribution in [0.25, 0.3) is 0 Å². The summed E-state index contributed by atoms with van der Waals surface area (Å²) in [5, 5.41) is 0. The number of piperidine rings is 1. The molecule has 0 radical (unpaired) electrons. The lowest BCUT2D eigenvalue weighted by atomic mass is 9.70. The molecule has 1 aromatic heterocycles. The van der Waals surface area contributed by atoms with Crippen molar-refractivity contribution in [2.75, 3.05) is 167 Å². The number of pyridine rings is 1.